The number of hydrogen-bond donors (Lipinski definition) is 1. The zero-order valence-electron chi connectivity index (χ0n) is 11.3. The van der Waals surface area contributed by atoms with E-state index in [4.69, 9.17) is 11.6 Å². The average molecular weight is 292 g/mol. The first-order valence-corrected chi connectivity index (χ1v) is 7.61. The maximum Gasteiger partial charge on any atom is 0.227 e. The molecule has 4 heteroatoms. The van der Waals surface area contributed by atoms with Crippen LogP contribution in [0.25, 0.3) is 0 Å². The SMILES string of the molecule is O=C(Nc1cccc(Cl)c1)C1CC2CCCC(C1)C2=O. The Morgan fingerprint density at radius 2 is 1.90 bits per heavy atom. The highest BCUT2D eigenvalue weighted by molar-refractivity contribution is 6.30. The quantitative estimate of drug-likeness (QED) is 0.903. The molecule has 1 amide bonds. The van der Waals surface area contributed by atoms with Crippen molar-refractivity contribution in [1.82, 2.24) is 0 Å². The number of fused-ring (bicyclic) bond motifs is 2. The number of halogens is 1. The average Bonchev–Trinajstić information content (AvgIpc) is 2.38. The van der Waals surface area contributed by atoms with Gasteiger partial charge in [-0.05, 0) is 43.9 Å². The van der Waals surface area contributed by atoms with Gasteiger partial charge in [0.1, 0.15) is 5.78 Å². The van der Waals surface area contributed by atoms with Gasteiger partial charge in [-0.1, -0.05) is 24.1 Å². The van der Waals surface area contributed by atoms with Crippen LogP contribution in [0.15, 0.2) is 24.3 Å². The number of carbonyl (C=O) groups excluding carboxylic acids is 2. The predicted molar refractivity (Wildman–Crippen MR) is 78.6 cm³/mol. The van der Waals surface area contributed by atoms with E-state index in [-0.39, 0.29) is 23.7 Å². The first kappa shape index (κ1) is 13.6. The third-order valence-electron chi connectivity index (χ3n) is 4.51. The maximum absolute atomic E-state index is 12.4. The molecular weight excluding hydrogens is 274 g/mol. The van der Waals surface area contributed by atoms with Crippen LogP contribution >= 0.6 is 11.6 Å². The van der Waals surface area contributed by atoms with Crippen molar-refractivity contribution in [3.8, 4) is 0 Å². The Hall–Kier alpha value is -1.35. The molecule has 1 aromatic carbocycles. The molecule has 0 heterocycles. The molecule has 0 spiro atoms. The van der Waals surface area contributed by atoms with Gasteiger partial charge >= 0.3 is 0 Å². The van der Waals surface area contributed by atoms with Crippen LogP contribution < -0.4 is 5.32 Å². The largest absolute Gasteiger partial charge is 0.326 e. The summed E-state index contributed by atoms with van der Waals surface area (Å²) in [4.78, 5) is 24.4. The monoisotopic (exact) mass is 291 g/mol. The molecule has 1 aromatic rings. The number of rotatable bonds is 2. The molecule has 3 rings (SSSR count). The molecule has 2 unspecified atom stereocenters. The molecule has 0 radical (unpaired) electrons. The fraction of sp³-hybridized carbons (Fsp3) is 0.500. The van der Waals surface area contributed by atoms with E-state index in [0.717, 1.165) is 24.9 Å². The minimum Gasteiger partial charge on any atom is -0.326 e. The Morgan fingerprint density at radius 3 is 2.55 bits per heavy atom. The van der Waals surface area contributed by atoms with Crippen LogP contribution in [0.4, 0.5) is 5.69 Å². The zero-order valence-corrected chi connectivity index (χ0v) is 12.0. The molecule has 20 heavy (non-hydrogen) atoms. The number of amides is 1. The Bertz CT molecular complexity index is 527. The van der Waals surface area contributed by atoms with Crippen LogP contribution in [0.1, 0.15) is 32.1 Å². The third-order valence-corrected chi connectivity index (χ3v) is 4.75. The minimum atomic E-state index is -0.0398. The molecule has 1 N–H and O–H groups in total. The lowest BCUT2D eigenvalue weighted by molar-refractivity contribution is -0.136. The highest BCUT2D eigenvalue weighted by atomic mass is 35.5. The van der Waals surface area contributed by atoms with Crippen LogP contribution in [0.3, 0.4) is 0 Å². The second-order valence-electron chi connectivity index (χ2n) is 5.90. The van der Waals surface area contributed by atoms with E-state index in [2.05, 4.69) is 5.32 Å². The van der Waals surface area contributed by atoms with Crippen LogP contribution in [0.2, 0.25) is 5.02 Å². The van der Waals surface area contributed by atoms with Crippen molar-refractivity contribution in [3.05, 3.63) is 29.3 Å². The van der Waals surface area contributed by atoms with Crippen molar-refractivity contribution >= 4 is 29.0 Å². The van der Waals surface area contributed by atoms with Gasteiger partial charge in [0.05, 0.1) is 0 Å². The second kappa shape index (κ2) is 5.57. The van der Waals surface area contributed by atoms with Crippen LogP contribution in [-0.2, 0) is 9.59 Å². The lowest BCUT2D eigenvalue weighted by Gasteiger charge is -2.36. The van der Waals surface area contributed by atoms with Gasteiger partial charge in [0.25, 0.3) is 0 Å². The lowest BCUT2D eigenvalue weighted by Crippen LogP contribution is -2.40. The Morgan fingerprint density at radius 1 is 1.20 bits per heavy atom. The van der Waals surface area contributed by atoms with Gasteiger partial charge < -0.3 is 5.32 Å². The number of benzene rings is 1. The lowest BCUT2D eigenvalue weighted by atomic mass is 9.67. The molecule has 2 fully saturated rings. The van der Waals surface area contributed by atoms with Crippen LogP contribution in [0.5, 0.6) is 0 Å². The summed E-state index contributed by atoms with van der Waals surface area (Å²) >= 11 is 5.92. The van der Waals surface area contributed by atoms with E-state index in [1.54, 1.807) is 12.1 Å². The fourth-order valence-corrected chi connectivity index (χ4v) is 3.69. The summed E-state index contributed by atoms with van der Waals surface area (Å²) in [5.74, 6) is 0.594. The van der Waals surface area contributed by atoms with Crippen molar-refractivity contribution in [3.63, 3.8) is 0 Å². The number of ketones is 1. The van der Waals surface area contributed by atoms with Gasteiger partial charge in [0, 0.05) is 28.5 Å². The molecule has 0 aliphatic heterocycles. The molecular formula is C16H18ClNO2. The number of carbonyl (C=O) groups is 2. The summed E-state index contributed by atoms with van der Waals surface area (Å²) in [6, 6.07) is 7.17. The molecule has 2 bridgehead atoms. The molecule has 3 nitrogen and oxygen atoms in total. The Labute approximate surface area is 123 Å². The van der Waals surface area contributed by atoms with Gasteiger partial charge in [-0.3, -0.25) is 9.59 Å². The number of Topliss-reactive ketones (excluding diaryl/α,β-unsaturated/α-hetero) is 1. The molecule has 2 aliphatic carbocycles. The number of anilines is 1. The highest BCUT2D eigenvalue weighted by Crippen LogP contribution is 2.40. The normalized spacial score (nSPS) is 29.1. The number of nitrogens with one attached hydrogen (secondary N) is 1. The van der Waals surface area contributed by atoms with Gasteiger partial charge in [0.15, 0.2) is 0 Å². The predicted octanol–water partition coefficient (Wildman–Crippen LogP) is 3.67. The zero-order chi connectivity index (χ0) is 14.1. The van der Waals surface area contributed by atoms with E-state index < -0.39 is 0 Å². The molecule has 2 saturated carbocycles. The van der Waals surface area contributed by atoms with Crippen molar-refractivity contribution in [2.75, 3.05) is 5.32 Å². The first-order valence-electron chi connectivity index (χ1n) is 7.23. The summed E-state index contributed by atoms with van der Waals surface area (Å²) in [7, 11) is 0. The maximum atomic E-state index is 12.4. The summed E-state index contributed by atoms with van der Waals surface area (Å²) in [5.41, 5.74) is 0.726. The standard InChI is InChI=1S/C16H18ClNO2/c17-13-5-2-6-14(9-13)18-16(20)12-7-10-3-1-4-11(8-12)15(10)19/h2,5-6,9-12H,1,3-4,7-8H2,(H,18,20). The Balaban J connectivity index is 1.67. The molecule has 0 aromatic heterocycles. The topological polar surface area (TPSA) is 46.2 Å². The van der Waals surface area contributed by atoms with E-state index in [1.807, 2.05) is 12.1 Å². The molecule has 0 saturated heterocycles. The molecule has 2 aliphatic rings. The van der Waals surface area contributed by atoms with Crippen molar-refractivity contribution < 1.29 is 9.59 Å². The van der Waals surface area contributed by atoms with Gasteiger partial charge in [-0.25, -0.2) is 0 Å². The van der Waals surface area contributed by atoms with E-state index in [0.29, 0.717) is 23.6 Å². The van der Waals surface area contributed by atoms with Gasteiger partial charge in [-0.2, -0.15) is 0 Å². The molecule has 106 valence electrons. The Kier molecular flexibility index (Phi) is 3.79. The second-order valence-corrected chi connectivity index (χ2v) is 6.33. The summed E-state index contributed by atoms with van der Waals surface area (Å²) in [6.45, 7) is 0. The highest BCUT2D eigenvalue weighted by Gasteiger charge is 2.41. The van der Waals surface area contributed by atoms with E-state index >= 15 is 0 Å². The fourth-order valence-electron chi connectivity index (χ4n) is 3.50. The third kappa shape index (κ3) is 2.73. The summed E-state index contributed by atoms with van der Waals surface area (Å²) in [6.07, 6.45) is 4.46. The van der Waals surface area contributed by atoms with Gasteiger partial charge in [0.2, 0.25) is 5.91 Å². The van der Waals surface area contributed by atoms with E-state index in [9.17, 15) is 9.59 Å². The van der Waals surface area contributed by atoms with Crippen LogP contribution in [0, 0.1) is 17.8 Å². The first-order chi connectivity index (χ1) is 9.63. The smallest absolute Gasteiger partial charge is 0.227 e. The summed E-state index contributed by atoms with van der Waals surface area (Å²) in [5, 5.41) is 3.53. The van der Waals surface area contributed by atoms with E-state index in [1.165, 1.54) is 0 Å². The minimum absolute atomic E-state index is 0.0247. The van der Waals surface area contributed by atoms with Crippen molar-refractivity contribution in [2.45, 2.75) is 32.1 Å². The van der Waals surface area contributed by atoms with Gasteiger partial charge in [-0.15, -0.1) is 0 Å². The van der Waals surface area contributed by atoms with Crippen molar-refractivity contribution in [1.29, 1.82) is 0 Å². The van der Waals surface area contributed by atoms with Crippen molar-refractivity contribution in [2.24, 2.45) is 17.8 Å². The van der Waals surface area contributed by atoms with Crippen LogP contribution in [-0.4, -0.2) is 11.7 Å². The number of hydrogen-bond acceptors (Lipinski definition) is 2. The molecule has 2 atom stereocenters. The summed E-state index contributed by atoms with van der Waals surface area (Å²) < 4.78 is 0.